The second-order valence-electron chi connectivity index (χ2n) is 5.45. The lowest BCUT2D eigenvalue weighted by Gasteiger charge is -2.02. The van der Waals surface area contributed by atoms with Gasteiger partial charge in [-0.05, 0) is 41.0 Å². The lowest BCUT2D eigenvalue weighted by molar-refractivity contribution is -0.0352. The van der Waals surface area contributed by atoms with E-state index in [1.54, 1.807) is 7.11 Å². The Morgan fingerprint density at radius 3 is 2.14 bits per heavy atom. The minimum Gasteiger partial charge on any atom is -0.359 e. The van der Waals surface area contributed by atoms with Gasteiger partial charge in [0.05, 0.1) is 6.61 Å². The number of halogens is 1. The fourth-order valence-corrected chi connectivity index (χ4v) is 3.38. The summed E-state index contributed by atoms with van der Waals surface area (Å²) in [4.78, 5) is 0. The van der Waals surface area contributed by atoms with E-state index in [2.05, 4.69) is 70.5 Å². The third kappa shape index (κ3) is 3.37. The molecule has 1 aliphatic carbocycles. The van der Waals surface area contributed by atoms with Crippen LogP contribution in [0.4, 0.5) is 0 Å². The molecule has 21 heavy (non-hydrogen) atoms. The van der Waals surface area contributed by atoms with Crippen molar-refractivity contribution >= 4 is 15.9 Å². The van der Waals surface area contributed by atoms with Gasteiger partial charge in [0, 0.05) is 11.6 Å². The van der Waals surface area contributed by atoms with E-state index in [9.17, 15) is 0 Å². The molecule has 0 heterocycles. The fourth-order valence-electron chi connectivity index (χ4n) is 3.12. The summed E-state index contributed by atoms with van der Waals surface area (Å²) in [6, 6.07) is 19.4. The molecule has 0 N–H and O–H groups in total. The van der Waals surface area contributed by atoms with Crippen LogP contribution in [0.5, 0.6) is 0 Å². The van der Waals surface area contributed by atoms with E-state index in [1.165, 1.54) is 11.1 Å². The van der Waals surface area contributed by atoms with Crippen molar-refractivity contribution in [3.05, 3.63) is 70.2 Å². The first kappa shape index (κ1) is 14.8. The third-order valence-corrected chi connectivity index (χ3v) is 4.65. The van der Waals surface area contributed by atoms with Gasteiger partial charge in [-0.2, -0.15) is 0 Å². The van der Waals surface area contributed by atoms with E-state index < -0.39 is 0 Å². The summed E-state index contributed by atoms with van der Waals surface area (Å²) < 4.78 is 11.7. The first-order valence-corrected chi connectivity index (χ1v) is 7.97. The van der Waals surface area contributed by atoms with Gasteiger partial charge in [0.25, 0.3) is 0 Å². The van der Waals surface area contributed by atoms with E-state index in [0.717, 1.165) is 11.1 Å². The van der Waals surface area contributed by atoms with Crippen LogP contribution in [-0.4, -0.2) is 20.5 Å². The predicted molar refractivity (Wildman–Crippen MR) is 87.4 cm³/mol. The van der Waals surface area contributed by atoms with Crippen molar-refractivity contribution in [3.63, 3.8) is 0 Å². The van der Waals surface area contributed by atoms with Gasteiger partial charge in [0.15, 0.2) is 0 Å². The molecular weight excluding hydrogens is 328 g/mol. The molecule has 0 amide bonds. The lowest BCUT2D eigenvalue weighted by Crippen LogP contribution is -2.01. The van der Waals surface area contributed by atoms with Gasteiger partial charge in [-0.3, -0.25) is 0 Å². The molecule has 0 unspecified atom stereocenters. The van der Waals surface area contributed by atoms with Crippen molar-refractivity contribution in [3.8, 4) is 0 Å². The predicted octanol–water partition coefficient (Wildman–Crippen LogP) is 4.57. The Hall–Kier alpha value is -1.16. The van der Waals surface area contributed by atoms with E-state index in [1.807, 2.05) is 0 Å². The van der Waals surface area contributed by atoms with E-state index in [0.29, 0.717) is 24.5 Å². The molecule has 3 atom stereocenters. The Balaban J connectivity index is 1.77. The summed E-state index contributed by atoms with van der Waals surface area (Å²) in [5, 5.41) is 0. The summed E-state index contributed by atoms with van der Waals surface area (Å²) in [5.74, 6) is 1.62. The summed E-state index contributed by atoms with van der Waals surface area (Å²) in [6.07, 6.45) is 0. The Bertz CT molecular complexity index is 568. The molecule has 3 rings (SSSR count). The maximum absolute atomic E-state index is 5.60. The van der Waals surface area contributed by atoms with E-state index in [-0.39, 0.29) is 0 Å². The van der Waals surface area contributed by atoms with Crippen LogP contribution in [0.25, 0.3) is 0 Å². The highest BCUT2D eigenvalue weighted by Crippen LogP contribution is 2.60. The average molecular weight is 347 g/mol. The monoisotopic (exact) mass is 346 g/mol. The number of hydrogen-bond donors (Lipinski definition) is 0. The molecule has 3 heteroatoms. The van der Waals surface area contributed by atoms with Crippen molar-refractivity contribution in [2.75, 3.05) is 20.5 Å². The number of hydrogen-bond acceptors (Lipinski definition) is 2. The number of methoxy groups -OCH3 is 1. The summed E-state index contributed by atoms with van der Waals surface area (Å²) >= 11 is 3.50. The van der Waals surface area contributed by atoms with Gasteiger partial charge in [-0.15, -0.1) is 0 Å². The van der Waals surface area contributed by atoms with Crippen molar-refractivity contribution in [1.82, 2.24) is 0 Å². The van der Waals surface area contributed by atoms with Crippen LogP contribution in [-0.2, 0) is 9.47 Å². The average Bonchev–Trinajstić information content (AvgIpc) is 3.23. The number of benzene rings is 2. The molecular formula is C18H19BrO2. The van der Waals surface area contributed by atoms with Crippen LogP contribution in [0.1, 0.15) is 23.0 Å². The highest BCUT2D eigenvalue weighted by Gasteiger charge is 2.51. The van der Waals surface area contributed by atoms with Crippen molar-refractivity contribution in [2.24, 2.45) is 5.92 Å². The SMILES string of the molecule is COCOC[C@@H]1[C@@H](c2ccc(Br)cc2)[C@H]1c1ccccc1. The molecule has 0 aliphatic heterocycles. The van der Waals surface area contributed by atoms with Crippen LogP contribution < -0.4 is 0 Å². The zero-order chi connectivity index (χ0) is 14.7. The normalized spacial score (nSPS) is 24.0. The van der Waals surface area contributed by atoms with E-state index in [4.69, 9.17) is 9.47 Å². The molecule has 110 valence electrons. The largest absolute Gasteiger partial charge is 0.359 e. The zero-order valence-electron chi connectivity index (χ0n) is 12.0. The topological polar surface area (TPSA) is 18.5 Å². The quantitative estimate of drug-likeness (QED) is 0.563. The van der Waals surface area contributed by atoms with Gasteiger partial charge >= 0.3 is 0 Å². The fraction of sp³-hybridized carbons (Fsp3) is 0.333. The van der Waals surface area contributed by atoms with Crippen LogP contribution in [0.2, 0.25) is 0 Å². The molecule has 0 bridgehead atoms. The van der Waals surface area contributed by atoms with Gasteiger partial charge in [-0.25, -0.2) is 0 Å². The van der Waals surface area contributed by atoms with Crippen molar-refractivity contribution in [1.29, 1.82) is 0 Å². The molecule has 0 aromatic heterocycles. The van der Waals surface area contributed by atoms with Crippen LogP contribution >= 0.6 is 15.9 Å². The molecule has 1 saturated carbocycles. The van der Waals surface area contributed by atoms with Gasteiger partial charge in [0.1, 0.15) is 6.79 Å². The molecule has 0 radical (unpaired) electrons. The first-order chi connectivity index (χ1) is 10.3. The third-order valence-electron chi connectivity index (χ3n) is 4.12. The molecule has 1 aliphatic rings. The second-order valence-corrected chi connectivity index (χ2v) is 6.37. The highest BCUT2D eigenvalue weighted by molar-refractivity contribution is 9.10. The lowest BCUT2D eigenvalue weighted by atomic mass is 10.0. The molecule has 1 fully saturated rings. The standard InChI is InChI=1S/C18H19BrO2/c1-20-12-21-11-16-17(13-5-3-2-4-6-13)18(16)14-7-9-15(19)10-8-14/h2-10,16-18H,11-12H2,1H3/t16-,17-,18+/m0/s1. The summed E-state index contributed by atoms with van der Waals surface area (Å²) in [5.41, 5.74) is 2.79. The second kappa shape index (κ2) is 6.73. The minimum absolute atomic E-state index is 0.366. The minimum atomic E-state index is 0.366. The van der Waals surface area contributed by atoms with Gasteiger partial charge in [-0.1, -0.05) is 58.4 Å². The maximum atomic E-state index is 5.60. The molecule has 2 aromatic carbocycles. The molecule has 0 saturated heterocycles. The van der Waals surface area contributed by atoms with Crippen molar-refractivity contribution < 1.29 is 9.47 Å². The van der Waals surface area contributed by atoms with Crippen LogP contribution in [0, 0.1) is 5.92 Å². The Morgan fingerprint density at radius 1 is 0.905 bits per heavy atom. The van der Waals surface area contributed by atoms with Crippen LogP contribution in [0.3, 0.4) is 0 Å². The zero-order valence-corrected chi connectivity index (χ0v) is 13.6. The molecule has 2 nitrogen and oxygen atoms in total. The Morgan fingerprint density at radius 2 is 1.52 bits per heavy atom. The Kier molecular flexibility index (Phi) is 4.73. The van der Waals surface area contributed by atoms with Gasteiger partial charge < -0.3 is 9.47 Å². The molecule has 0 spiro atoms. The van der Waals surface area contributed by atoms with Crippen molar-refractivity contribution in [2.45, 2.75) is 11.8 Å². The Labute approximate surface area is 134 Å². The summed E-state index contributed by atoms with van der Waals surface area (Å²) in [7, 11) is 1.66. The maximum Gasteiger partial charge on any atom is 0.146 e. The van der Waals surface area contributed by atoms with E-state index >= 15 is 0 Å². The first-order valence-electron chi connectivity index (χ1n) is 7.18. The highest BCUT2D eigenvalue weighted by atomic mass is 79.9. The van der Waals surface area contributed by atoms with Gasteiger partial charge in [0.2, 0.25) is 0 Å². The number of rotatable bonds is 6. The number of ether oxygens (including phenoxy) is 2. The van der Waals surface area contributed by atoms with Crippen LogP contribution in [0.15, 0.2) is 59.1 Å². The summed E-state index contributed by atoms with van der Waals surface area (Å²) in [6.45, 7) is 1.11. The molecule has 2 aromatic rings. The smallest absolute Gasteiger partial charge is 0.146 e.